The SMILES string of the molecule is OC1CN(c2ccccn2)CC1N1CCC2(CC1)Cc1cc(Cl)ccc1O2. The van der Waals surface area contributed by atoms with Crippen LogP contribution in [0, 0.1) is 0 Å². The van der Waals surface area contributed by atoms with Crippen molar-refractivity contribution in [2.75, 3.05) is 31.1 Å². The molecule has 1 aromatic heterocycles. The first-order valence-electron chi connectivity index (χ1n) is 9.67. The summed E-state index contributed by atoms with van der Waals surface area (Å²) in [6.45, 7) is 3.35. The molecule has 3 aliphatic heterocycles. The highest BCUT2D eigenvalue weighted by atomic mass is 35.5. The van der Waals surface area contributed by atoms with Crippen molar-refractivity contribution < 1.29 is 9.84 Å². The smallest absolute Gasteiger partial charge is 0.128 e. The zero-order valence-electron chi connectivity index (χ0n) is 15.2. The lowest BCUT2D eigenvalue weighted by atomic mass is 9.86. The number of piperidine rings is 1. The van der Waals surface area contributed by atoms with Crippen molar-refractivity contribution in [1.82, 2.24) is 9.88 Å². The van der Waals surface area contributed by atoms with E-state index in [4.69, 9.17) is 16.3 Å². The number of ether oxygens (including phenoxy) is 1. The number of hydrogen-bond donors (Lipinski definition) is 1. The molecule has 2 unspecified atom stereocenters. The number of rotatable bonds is 2. The number of halogens is 1. The summed E-state index contributed by atoms with van der Waals surface area (Å²) in [4.78, 5) is 9.04. The summed E-state index contributed by atoms with van der Waals surface area (Å²) in [6, 6.07) is 12.0. The van der Waals surface area contributed by atoms with Crippen LogP contribution in [0.5, 0.6) is 5.75 Å². The molecule has 0 radical (unpaired) electrons. The summed E-state index contributed by atoms with van der Waals surface area (Å²) in [5.74, 6) is 1.93. The summed E-state index contributed by atoms with van der Waals surface area (Å²) in [7, 11) is 0. The highest BCUT2D eigenvalue weighted by Gasteiger charge is 2.45. The van der Waals surface area contributed by atoms with E-state index in [1.165, 1.54) is 5.56 Å². The molecule has 5 nitrogen and oxygen atoms in total. The second-order valence-corrected chi connectivity index (χ2v) is 8.41. The molecule has 0 amide bonds. The van der Waals surface area contributed by atoms with E-state index in [9.17, 15) is 5.11 Å². The standard InChI is InChI=1S/C21H24ClN3O2/c22-16-4-5-19-15(11-16)12-21(27-19)6-9-24(10-7-21)17-13-25(14-18(17)26)20-3-1-2-8-23-20/h1-5,8,11,17-18,26H,6-7,9-10,12-14H2. The molecule has 1 N–H and O–H groups in total. The quantitative estimate of drug-likeness (QED) is 0.861. The van der Waals surface area contributed by atoms with E-state index in [0.717, 1.165) is 55.5 Å². The van der Waals surface area contributed by atoms with E-state index < -0.39 is 0 Å². The van der Waals surface area contributed by atoms with Crippen LogP contribution in [0.2, 0.25) is 5.02 Å². The van der Waals surface area contributed by atoms with E-state index in [2.05, 4.69) is 14.8 Å². The Morgan fingerprint density at radius 2 is 2.00 bits per heavy atom. The molecule has 0 aliphatic carbocycles. The number of aromatic nitrogens is 1. The minimum absolute atomic E-state index is 0.103. The molecule has 2 saturated heterocycles. The topological polar surface area (TPSA) is 48.8 Å². The van der Waals surface area contributed by atoms with Crippen molar-refractivity contribution in [3.8, 4) is 5.75 Å². The third-order valence-electron chi connectivity index (χ3n) is 6.27. The van der Waals surface area contributed by atoms with E-state index in [1.807, 2.05) is 36.4 Å². The highest BCUT2D eigenvalue weighted by Crippen LogP contribution is 2.42. The molecule has 27 heavy (non-hydrogen) atoms. The Bertz CT molecular complexity index is 823. The molecule has 4 heterocycles. The number of benzene rings is 1. The molecule has 142 valence electrons. The molecule has 2 atom stereocenters. The summed E-state index contributed by atoms with van der Waals surface area (Å²) in [5, 5.41) is 11.4. The van der Waals surface area contributed by atoms with Gasteiger partial charge in [-0.05, 0) is 35.9 Å². The predicted octanol–water partition coefficient (Wildman–Crippen LogP) is 2.75. The van der Waals surface area contributed by atoms with Gasteiger partial charge in [0.15, 0.2) is 0 Å². The van der Waals surface area contributed by atoms with Crippen LogP contribution in [0.25, 0.3) is 0 Å². The van der Waals surface area contributed by atoms with Crippen LogP contribution in [0.15, 0.2) is 42.6 Å². The molecule has 1 aromatic carbocycles. The number of anilines is 1. The highest BCUT2D eigenvalue weighted by molar-refractivity contribution is 6.30. The Kier molecular flexibility index (Phi) is 4.26. The zero-order chi connectivity index (χ0) is 18.4. The van der Waals surface area contributed by atoms with Gasteiger partial charge in [0, 0.05) is 56.7 Å². The maximum atomic E-state index is 10.6. The third kappa shape index (κ3) is 3.18. The van der Waals surface area contributed by atoms with Gasteiger partial charge in [-0.3, -0.25) is 4.90 Å². The Hall–Kier alpha value is -1.82. The first-order chi connectivity index (χ1) is 13.1. The molecule has 0 bridgehead atoms. The number of nitrogens with zero attached hydrogens (tertiary/aromatic N) is 3. The number of aliphatic hydroxyl groups excluding tert-OH is 1. The summed E-state index contributed by atoms with van der Waals surface area (Å²) >= 11 is 6.14. The van der Waals surface area contributed by atoms with Crippen LogP contribution in [0.1, 0.15) is 18.4 Å². The van der Waals surface area contributed by atoms with E-state index in [-0.39, 0.29) is 17.7 Å². The Labute approximate surface area is 164 Å². The van der Waals surface area contributed by atoms with Gasteiger partial charge in [-0.15, -0.1) is 0 Å². The van der Waals surface area contributed by atoms with Crippen LogP contribution in [0.3, 0.4) is 0 Å². The number of β-amino-alcohol motifs (C(OH)–C–C–N with tert-alkyl or cyclic N) is 1. The molecule has 5 rings (SSSR count). The minimum Gasteiger partial charge on any atom is -0.487 e. The number of aliphatic hydroxyl groups is 1. The van der Waals surface area contributed by atoms with Crippen LogP contribution in [-0.2, 0) is 6.42 Å². The van der Waals surface area contributed by atoms with Crippen LogP contribution >= 0.6 is 11.6 Å². The molecule has 3 aliphatic rings. The van der Waals surface area contributed by atoms with E-state index in [0.29, 0.717) is 6.54 Å². The van der Waals surface area contributed by atoms with Gasteiger partial charge in [0.2, 0.25) is 0 Å². The lowest BCUT2D eigenvalue weighted by molar-refractivity contribution is -0.0107. The third-order valence-corrected chi connectivity index (χ3v) is 6.51. The molecule has 2 aromatic rings. The number of pyridine rings is 1. The molecule has 6 heteroatoms. The van der Waals surface area contributed by atoms with Crippen molar-refractivity contribution >= 4 is 17.4 Å². The maximum absolute atomic E-state index is 10.6. The zero-order valence-corrected chi connectivity index (χ0v) is 16.0. The lowest BCUT2D eigenvalue weighted by Gasteiger charge is -2.41. The van der Waals surface area contributed by atoms with E-state index >= 15 is 0 Å². The first kappa shape index (κ1) is 17.3. The van der Waals surface area contributed by atoms with Gasteiger partial charge in [-0.1, -0.05) is 17.7 Å². The maximum Gasteiger partial charge on any atom is 0.128 e. The van der Waals surface area contributed by atoms with Crippen LogP contribution < -0.4 is 9.64 Å². The summed E-state index contributed by atoms with van der Waals surface area (Å²) in [5.41, 5.74) is 1.12. The van der Waals surface area contributed by atoms with Gasteiger partial charge in [-0.2, -0.15) is 0 Å². The van der Waals surface area contributed by atoms with Crippen molar-refractivity contribution in [1.29, 1.82) is 0 Å². The Morgan fingerprint density at radius 3 is 2.78 bits per heavy atom. The average molecular weight is 386 g/mol. The van der Waals surface area contributed by atoms with Crippen molar-refractivity contribution in [3.63, 3.8) is 0 Å². The van der Waals surface area contributed by atoms with Gasteiger partial charge in [-0.25, -0.2) is 4.98 Å². The molecule has 1 spiro atoms. The second kappa shape index (κ2) is 6.66. The van der Waals surface area contributed by atoms with Crippen molar-refractivity contribution in [3.05, 3.63) is 53.2 Å². The molecule has 0 saturated carbocycles. The van der Waals surface area contributed by atoms with Crippen molar-refractivity contribution in [2.24, 2.45) is 0 Å². The number of hydrogen-bond acceptors (Lipinski definition) is 5. The van der Waals surface area contributed by atoms with Gasteiger partial charge in [0.1, 0.15) is 17.2 Å². The fourth-order valence-corrected chi connectivity index (χ4v) is 5.00. The largest absolute Gasteiger partial charge is 0.487 e. The van der Waals surface area contributed by atoms with Gasteiger partial charge < -0.3 is 14.7 Å². The fraction of sp³-hybridized carbons (Fsp3) is 0.476. The number of likely N-dealkylation sites (tertiary alicyclic amines) is 1. The molecular formula is C21H24ClN3O2. The van der Waals surface area contributed by atoms with E-state index in [1.54, 1.807) is 6.20 Å². The normalized spacial score (nSPS) is 27.0. The minimum atomic E-state index is -0.346. The van der Waals surface area contributed by atoms with Gasteiger partial charge >= 0.3 is 0 Å². The summed E-state index contributed by atoms with van der Waals surface area (Å²) < 4.78 is 6.35. The number of fused-ring (bicyclic) bond motifs is 1. The Morgan fingerprint density at radius 1 is 1.15 bits per heavy atom. The Balaban J connectivity index is 1.24. The predicted molar refractivity (Wildman–Crippen MR) is 106 cm³/mol. The second-order valence-electron chi connectivity index (χ2n) is 7.98. The average Bonchev–Trinajstić information content (AvgIpc) is 3.23. The first-order valence-corrected chi connectivity index (χ1v) is 10.1. The summed E-state index contributed by atoms with van der Waals surface area (Å²) in [6.07, 6.45) is 4.35. The fourth-order valence-electron chi connectivity index (χ4n) is 4.80. The lowest BCUT2D eigenvalue weighted by Crippen LogP contribution is -2.53. The van der Waals surface area contributed by atoms with Crippen LogP contribution in [0.4, 0.5) is 5.82 Å². The van der Waals surface area contributed by atoms with Gasteiger partial charge in [0.25, 0.3) is 0 Å². The van der Waals surface area contributed by atoms with Crippen LogP contribution in [-0.4, -0.2) is 58.9 Å². The monoisotopic (exact) mass is 385 g/mol. The molecular weight excluding hydrogens is 362 g/mol. The van der Waals surface area contributed by atoms with Gasteiger partial charge in [0.05, 0.1) is 12.1 Å². The molecule has 2 fully saturated rings. The van der Waals surface area contributed by atoms with Crippen molar-refractivity contribution in [2.45, 2.75) is 37.0 Å².